The largest absolute Gasteiger partial charge is 0.466 e. The monoisotopic (exact) mass is 255 g/mol. The summed E-state index contributed by atoms with van der Waals surface area (Å²) in [4.78, 5) is 14.8. The number of rotatable bonds is 4. The third kappa shape index (κ3) is 3.13. The van der Waals surface area contributed by atoms with Crippen LogP contribution in [0, 0.1) is 11.3 Å². The maximum atomic E-state index is 12.5. The van der Waals surface area contributed by atoms with Crippen molar-refractivity contribution in [3.05, 3.63) is 22.9 Å². The van der Waals surface area contributed by atoms with Gasteiger partial charge >= 0.3 is 5.97 Å². The Balaban J connectivity index is 3.12. The molecule has 0 amide bonds. The molecule has 0 atom stereocenters. The lowest BCUT2D eigenvalue weighted by molar-refractivity contribution is -0.142. The molecule has 1 heterocycles. The molecule has 0 spiro atoms. The van der Waals surface area contributed by atoms with Crippen LogP contribution in [0.15, 0.2) is 6.07 Å². The first-order valence-electron chi connectivity index (χ1n) is 5.12. The molecule has 7 heteroatoms. The van der Waals surface area contributed by atoms with Crippen molar-refractivity contribution in [1.29, 1.82) is 5.26 Å². The highest BCUT2D eigenvalue weighted by molar-refractivity contribution is 5.75. The summed E-state index contributed by atoms with van der Waals surface area (Å²) in [5.74, 6) is -0.843. The maximum Gasteiger partial charge on any atom is 0.310 e. The number of anilines is 1. The molecule has 18 heavy (non-hydrogen) atoms. The second-order valence-electron chi connectivity index (χ2n) is 3.35. The highest BCUT2D eigenvalue weighted by Gasteiger charge is 2.18. The van der Waals surface area contributed by atoms with Crippen LogP contribution in [0.4, 0.5) is 14.6 Å². The molecule has 0 unspecified atom stereocenters. The Kier molecular flexibility index (Phi) is 4.54. The van der Waals surface area contributed by atoms with Gasteiger partial charge in [0.2, 0.25) is 0 Å². The van der Waals surface area contributed by atoms with E-state index in [0.717, 1.165) is 6.07 Å². The second kappa shape index (κ2) is 5.91. The third-order valence-corrected chi connectivity index (χ3v) is 2.15. The molecule has 0 saturated carbocycles. The SMILES string of the molecule is CCOC(=O)Cc1c(C#N)cc(C(F)F)nc1N. The number of nitrogens with two attached hydrogens (primary N) is 1. The van der Waals surface area contributed by atoms with Crippen LogP contribution < -0.4 is 5.73 Å². The van der Waals surface area contributed by atoms with Crippen LogP contribution in [0.5, 0.6) is 0 Å². The number of ether oxygens (including phenoxy) is 1. The number of nitriles is 1. The van der Waals surface area contributed by atoms with Gasteiger partial charge in [0.05, 0.1) is 24.7 Å². The van der Waals surface area contributed by atoms with Crippen molar-refractivity contribution in [2.45, 2.75) is 19.8 Å². The van der Waals surface area contributed by atoms with Gasteiger partial charge in [-0.3, -0.25) is 4.79 Å². The standard InChI is InChI=1S/C11H11F2N3O2/c1-2-18-9(17)4-7-6(5-14)3-8(10(12)13)16-11(7)15/h3,10H,2,4H2,1H3,(H2,15,16). The van der Waals surface area contributed by atoms with Gasteiger partial charge in [-0.05, 0) is 13.0 Å². The van der Waals surface area contributed by atoms with Crippen LogP contribution in [0.1, 0.15) is 30.2 Å². The quantitative estimate of drug-likeness (QED) is 0.825. The van der Waals surface area contributed by atoms with Gasteiger partial charge in [-0.1, -0.05) is 0 Å². The van der Waals surface area contributed by atoms with Crippen molar-refractivity contribution in [2.24, 2.45) is 0 Å². The molecule has 0 radical (unpaired) electrons. The Labute approximate surface area is 102 Å². The minimum absolute atomic E-state index is 0.0918. The summed E-state index contributed by atoms with van der Waals surface area (Å²) in [7, 11) is 0. The number of hydrogen-bond acceptors (Lipinski definition) is 5. The Morgan fingerprint density at radius 1 is 1.67 bits per heavy atom. The second-order valence-corrected chi connectivity index (χ2v) is 3.35. The summed E-state index contributed by atoms with van der Waals surface area (Å²) in [6.07, 6.45) is -3.09. The number of halogens is 2. The van der Waals surface area contributed by atoms with E-state index in [1.54, 1.807) is 13.0 Å². The molecule has 0 aliphatic heterocycles. The summed E-state index contributed by atoms with van der Waals surface area (Å²) in [5.41, 5.74) is 4.91. The molecule has 0 aliphatic carbocycles. The summed E-state index contributed by atoms with van der Waals surface area (Å²) < 4.78 is 29.6. The number of esters is 1. The van der Waals surface area contributed by atoms with Crippen molar-refractivity contribution in [3.63, 3.8) is 0 Å². The molecule has 5 nitrogen and oxygen atoms in total. The van der Waals surface area contributed by atoms with Crippen molar-refractivity contribution in [2.75, 3.05) is 12.3 Å². The van der Waals surface area contributed by atoms with Crippen molar-refractivity contribution in [3.8, 4) is 6.07 Å². The third-order valence-electron chi connectivity index (χ3n) is 2.15. The Morgan fingerprint density at radius 3 is 2.83 bits per heavy atom. The predicted octanol–water partition coefficient (Wildman–Crippen LogP) is 1.58. The van der Waals surface area contributed by atoms with E-state index in [2.05, 4.69) is 4.98 Å². The van der Waals surface area contributed by atoms with Crippen LogP contribution in [-0.4, -0.2) is 17.6 Å². The van der Waals surface area contributed by atoms with Crippen LogP contribution in [0.2, 0.25) is 0 Å². The molecule has 1 aromatic rings. The van der Waals surface area contributed by atoms with Crippen LogP contribution >= 0.6 is 0 Å². The van der Waals surface area contributed by atoms with Crippen LogP contribution in [-0.2, 0) is 16.0 Å². The van der Waals surface area contributed by atoms with Crippen molar-refractivity contribution in [1.82, 2.24) is 4.98 Å². The van der Waals surface area contributed by atoms with Gasteiger partial charge in [0, 0.05) is 5.56 Å². The van der Waals surface area contributed by atoms with E-state index in [4.69, 9.17) is 15.7 Å². The van der Waals surface area contributed by atoms with Crippen molar-refractivity contribution >= 4 is 11.8 Å². The number of hydrogen-bond donors (Lipinski definition) is 1. The molecule has 0 aliphatic rings. The molecule has 0 fully saturated rings. The van der Waals surface area contributed by atoms with Gasteiger partial charge in [-0.25, -0.2) is 13.8 Å². The van der Waals surface area contributed by atoms with Gasteiger partial charge < -0.3 is 10.5 Å². The highest BCUT2D eigenvalue weighted by Crippen LogP contribution is 2.23. The summed E-state index contributed by atoms with van der Waals surface area (Å²) in [6, 6.07) is 2.64. The first-order valence-corrected chi connectivity index (χ1v) is 5.12. The van der Waals surface area contributed by atoms with Gasteiger partial charge in [-0.15, -0.1) is 0 Å². The summed E-state index contributed by atoms with van der Waals surface area (Å²) in [5, 5.41) is 8.86. The van der Waals surface area contributed by atoms with Crippen LogP contribution in [0.25, 0.3) is 0 Å². The zero-order valence-corrected chi connectivity index (χ0v) is 9.61. The van der Waals surface area contributed by atoms with Gasteiger partial charge in [0.25, 0.3) is 6.43 Å². The molecule has 2 N–H and O–H groups in total. The fourth-order valence-electron chi connectivity index (χ4n) is 1.37. The fraction of sp³-hybridized carbons (Fsp3) is 0.364. The first-order chi connectivity index (χ1) is 8.49. The maximum absolute atomic E-state index is 12.5. The van der Waals surface area contributed by atoms with E-state index in [9.17, 15) is 13.6 Å². The number of pyridine rings is 1. The number of alkyl halides is 2. The topological polar surface area (TPSA) is 89.0 Å². The lowest BCUT2D eigenvalue weighted by atomic mass is 10.1. The molecule has 0 saturated heterocycles. The molecule has 96 valence electrons. The highest BCUT2D eigenvalue weighted by atomic mass is 19.3. The number of nitrogen functional groups attached to an aromatic ring is 1. The Hall–Kier alpha value is -2.23. The summed E-state index contributed by atoms with van der Waals surface area (Å²) in [6.45, 7) is 1.81. The molecule has 0 aromatic carbocycles. The number of carbonyl (C=O) groups excluding carboxylic acids is 1. The van der Waals surface area contributed by atoms with E-state index in [1.165, 1.54) is 0 Å². The molecular weight excluding hydrogens is 244 g/mol. The fourth-order valence-corrected chi connectivity index (χ4v) is 1.37. The zero-order valence-electron chi connectivity index (χ0n) is 9.61. The molecule has 0 bridgehead atoms. The minimum Gasteiger partial charge on any atom is -0.466 e. The van der Waals surface area contributed by atoms with Gasteiger partial charge in [-0.2, -0.15) is 5.26 Å². The number of nitrogens with zero attached hydrogens (tertiary/aromatic N) is 2. The van der Waals surface area contributed by atoms with E-state index >= 15 is 0 Å². The minimum atomic E-state index is -2.82. The van der Waals surface area contributed by atoms with Crippen molar-refractivity contribution < 1.29 is 18.3 Å². The summed E-state index contributed by atoms with van der Waals surface area (Å²) >= 11 is 0. The smallest absolute Gasteiger partial charge is 0.310 e. The average molecular weight is 255 g/mol. The van der Waals surface area contributed by atoms with Gasteiger partial charge in [0.15, 0.2) is 0 Å². The Bertz CT molecular complexity index is 498. The normalized spacial score (nSPS) is 10.2. The van der Waals surface area contributed by atoms with E-state index in [-0.39, 0.29) is 30.0 Å². The first kappa shape index (κ1) is 13.8. The lowest BCUT2D eigenvalue weighted by Crippen LogP contribution is -2.12. The number of aromatic nitrogens is 1. The van der Waals surface area contributed by atoms with Gasteiger partial charge in [0.1, 0.15) is 11.5 Å². The average Bonchev–Trinajstić information content (AvgIpc) is 2.31. The van der Waals surface area contributed by atoms with E-state index in [1.807, 2.05) is 0 Å². The molecule has 1 aromatic heterocycles. The lowest BCUT2D eigenvalue weighted by Gasteiger charge is -2.09. The van der Waals surface area contributed by atoms with Crippen LogP contribution in [0.3, 0.4) is 0 Å². The predicted molar refractivity (Wildman–Crippen MR) is 58.7 cm³/mol. The number of carbonyl (C=O) groups is 1. The molecular formula is C11H11F2N3O2. The Morgan fingerprint density at radius 2 is 2.33 bits per heavy atom. The molecule has 1 rings (SSSR count). The zero-order chi connectivity index (χ0) is 13.7. The van der Waals surface area contributed by atoms with E-state index in [0.29, 0.717) is 0 Å². The van der Waals surface area contributed by atoms with E-state index < -0.39 is 18.1 Å².